The zero-order valence-corrected chi connectivity index (χ0v) is 10.9. The summed E-state index contributed by atoms with van der Waals surface area (Å²) in [6.45, 7) is 8.46. The highest BCUT2D eigenvalue weighted by atomic mass is 15.0. The number of aromatic amines is 1. The smallest absolute Gasteiger partial charge is 0.112 e. The minimum absolute atomic E-state index is 0.586. The number of imidazole rings is 1. The molecule has 17 heavy (non-hydrogen) atoms. The summed E-state index contributed by atoms with van der Waals surface area (Å²) < 4.78 is 0. The van der Waals surface area contributed by atoms with E-state index in [1.165, 1.54) is 12.0 Å². The summed E-state index contributed by atoms with van der Waals surface area (Å²) in [6.07, 6.45) is 1.25. The molecular weight excluding hydrogens is 210 g/mol. The van der Waals surface area contributed by atoms with Crippen molar-refractivity contribution in [3.63, 3.8) is 0 Å². The SMILES string of the molecule is CCC.Cc1ccc2nc(C3CNC3)[nH]c2c1. The van der Waals surface area contributed by atoms with Crippen LogP contribution in [0.5, 0.6) is 0 Å². The minimum atomic E-state index is 0.586. The van der Waals surface area contributed by atoms with Gasteiger partial charge in [0.2, 0.25) is 0 Å². The van der Waals surface area contributed by atoms with E-state index >= 15 is 0 Å². The maximum absolute atomic E-state index is 4.58. The summed E-state index contributed by atoms with van der Waals surface area (Å²) in [4.78, 5) is 7.97. The number of H-pyrrole nitrogens is 1. The first kappa shape index (κ1) is 12.1. The summed E-state index contributed by atoms with van der Waals surface area (Å²) in [7, 11) is 0. The molecule has 2 heterocycles. The number of aromatic nitrogens is 2. The van der Waals surface area contributed by atoms with Gasteiger partial charge in [-0.15, -0.1) is 0 Å². The second-order valence-electron chi connectivity index (χ2n) is 4.70. The standard InChI is InChI=1S/C11H13N3.C3H8/c1-7-2-3-9-10(4-7)14-11(13-9)8-5-12-6-8;1-3-2/h2-4,8,12H,5-6H2,1H3,(H,13,14);3H2,1-2H3. The summed E-state index contributed by atoms with van der Waals surface area (Å²) in [6, 6.07) is 6.33. The largest absolute Gasteiger partial charge is 0.342 e. The Morgan fingerprint density at radius 2 is 2.00 bits per heavy atom. The van der Waals surface area contributed by atoms with Crippen LogP contribution >= 0.6 is 0 Å². The van der Waals surface area contributed by atoms with Crippen molar-refractivity contribution in [1.29, 1.82) is 0 Å². The summed E-state index contributed by atoms with van der Waals surface area (Å²) in [5.74, 6) is 1.71. The molecular formula is C14H21N3. The zero-order valence-electron chi connectivity index (χ0n) is 10.9. The molecule has 0 bridgehead atoms. The van der Waals surface area contributed by atoms with Crippen LogP contribution < -0.4 is 5.32 Å². The Hall–Kier alpha value is -1.35. The number of nitrogens with zero attached hydrogens (tertiary/aromatic N) is 1. The van der Waals surface area contributed by atoms with Crippen LogP contribution in [0.25, 0.3) is 11.0 Å². The van der Waals surface area contributed by atoms with Gasteiger partial charge in [0, 0.05) is 19.0 Å². The lowest BCUT2D eigenvalue weighted by Crippen LogP contribution is -2.40. The highest BCUT2D eigenvalue weighted by Gasteiger charge is 2.21. The van der Waals surface area contributed by atoms with Gasteiger partial charge in [-0.05, 0) is 24.6 Å². The first-order valence-corrected chi connectivity index (χ1v) is 6.41. The second-order valence-corrected chi connectivity index (χ2v) is 4.70. The molecule has 1 saturated heterocycles. The van der Waals surface area contributed by atoms with Crippen LogP contribution in [0.1, 0.15) is 37.6 Å². The van der Waals surface area contributed by atoms with E-state index in [4.69, 9.17) is 0 Å². The van der Waals surface area contributed by atoms with Gasteiger partial charge in [-0.25, -0.2) is 4.98 Å². The van der Waals surface area contributed by atoms with E-state index < -0.39 is 0 Å². The highest BCUT2D eigenvalue weighted by Crippen LogP contribution is 2.20. The van der Waals surface area contributed by atoms with Gasteiger partial charge in [0.15, 0.2) is 0 Å². The molecule has 0 unspecified atom stereocenters. The van der Waals surface area contributed by atoms with Crippen molar-refractivity contribution < 1.29 is 0 Å². The van der Waals surface area contributed by atoms with Gasteiger partial charge < -0.3 is 10.3 Å². The molecule has 0 spiro atoms. The molecule has 2 N–H and O–H groups in total. The molecule has 0 radical (unpaired) electrons. The molecule has 2 aromatic rings. The lowest BCUT2D eigenvalue weighted by Gasteiger charge is -2.24. The number of benzene rings is 1. The van der Waals surface area contributed by atoms with E-state index in [9.17, 15) is 0 Å². The van der Waals surface area contributed by atoms with Crippen LogP contribution in [-0.4, -0.2) is 23.1 Å². The average Bonchev–Trinajstić information content (AvgIpc) is 2.58. The fourth-order valence-corrected chi connectivity index (χ4v) is 1.82. The zero-order chi connectivity index (χ0) is 12.3. The molecule has 3 rings (SSSR count). The molecule has 0 amide bonds. The summed E-state index contributed by atoms with van der Waals surface area (Å²) >= 11 is 0. The Bertz CT molecular complexity index is 483. The molecule has 0 atom stereocenters. The van der Waals surface area contributed by atoms with E-state index in [1.807, 2.05) is 0 Å². The number of aryl methyl sites for hydroxylation is 1. The van der Waals surface area contributed by atoms with E-state index in [2.05, 4.69) is 54.3 Å². The Labute approximate surface area is 103 Å². The van der Waals surface area contributed by atoms with E-state index in [1.54, 1.807) is 0 Å². The Balaban J connectivity index is 0.000000329. The maximum Gasteiger partial charge on any atom is 0.112 e. The van der Waals surface area contributed by atoms with Crippen LogP contribution in [0.15, 0.2) is 18.2 Å². The molecule has 3 nitrogen and oxygen atoms in total. The summed E-state index contributed by atoms with van der Waals surface area (Å²) in [5, 5.41) is 3.26. The molecule has 3 heteroatoms. The number of fused-ring (bicyclic) bond motifs is 1. The third-order valence-electron chi connectivity index (χ3n) is 2.82. The van der Waals surface area contributed by atoms with Gasteiger partial charge in [0.1, 0.15) is 5.82 Å². The maximum atomic E-state index is 4.58. The van der Waals surface area contributed by atoms with Gasteiger partial charge in [0.05, 0.1) is 11.0 Å². The van der Waals surface area contributed by atoms with Crippen molar-refractivity contribution in [3.8, 4) is 0 Å². The van der Waals surface area contributed by atoms with E-state index in [0.717, 1.165) is 29.9 Å². The van der Waals surface area contributed by atoms with Crippen LogP contribution in [0.4, 0.5) is 0 Å². The fourth-order valence-electron chi connectivity index (χ4n) is 1.82. The molecule has 0 saturated carbocycles. The van der Waals surface area contributed by atoms with Crippen LogP contribution in [-0.2, 0) is 0 Å². The third-order valence-corrected chi connectivity index (χ3v) is 2.82. The predicted molar refractivity (Wildman–Crippen MR) is 72.4 cm³/mol. The normalized spacial score (nSPS) is 15.2. The van der Waals surface area contributed by atoms with Crippen molar-refractivity contribution >= 4 is 11.0 Å². The van der Waals surface area contributed by atoms with E-state index in [-0.39, 0.29) is 0 Å². The van der Waals surface area contributed by atoms with Crippen LogP contribution in [0.2, 0.25) is 0 Å². The number of hydrogen-bond donors (Lipinski definition) is 2. The monoisotopic (exact) mass is 231 g/mol. The van der Waals surface area contributed by atoms with Crippen molar-refractivity contribution in [3.05, 3.63) is 29.6 Å². The van der Waals surface area contributed by atoms with E-state index in [0.29, 0.717) is 5.92 Å². The lowest BCUT2D eigenvalue weighted by molar-refractivity contribution is 0.433. The number of hydrogen-bond acceptors (Lipinski definition) is 2. The number of rotatable bonds is 1. The molecule has 1 aliphatic rings. The van der Waals surface area contributed by atoms with Crippen molar-refractivity contribution in [2.45, 2.75) is 33.1 Å². The van der Waals surface area contributed by atoms with Gasteiger partial charge in [-0.1, -0.05) is 26.3 Å². The second kappa shape index (κ2) is 5.32. The van der Waals surface area contributed by atoms with Crippen LogP contribution in [0.3, 0.4) is 0 Å². The van der Waals surface area contributed by atoms with Crippen LogP contribution in [0, 0.1) is 6.92 Å². The average molecular weight is 231 g/mol. The first-order chi connectivity index (χ1) is 8.24. The topological polar surface area (TPSA) is 40.7 Å². The first-order valence-electron chi connectivity index (χ1n) is 6.41. The molecule has 92 valence electrons. The molecule has 1 fully saturated rings. The Kier molecular flexibility index (Phi) is 3.79. The van der Waals surface area contributed by atoms with Gasteiger partial charge in [0.25, 0.3) is 0 Å². The predicted octanol–water partition coefficient (Wildman–Crippen LogP) is 2.97. The quantitative estimate of drug-likeness (QED) is 0.792. The molecule has 0 aliphatic carbocycles. The van der Waals surface area contributed by atoms with Gasteiger partial charge in [-0.2, -0.15) is 0 Å². The third kappa shape index (κ3) is 2.67. The Morgan fingerprint density at radius 3 is 2.59 bits per heavy atom. The highest BCUT2D eigenvalue weighted by molar-refractivity contribution is 5.75. The molecule has 1 aromatic heterocycles. The van der Waals surface area contributed by atoms with Crippen molar-refractivity contribution in [2.24, 2.45) is 0 Å². The van der Waals surface area contributed by atoms with Gasteiger partial charge >= 0.3 is 0 Å². The molecule has 1 aliphatic heterocycles. The number of nitrogens with one attached hydrogen (secondary N) is 2. The van der Waals surface area contributed by atoms with Crippen molar-refractivity contribution in [2.75, 3.05) is 13.1 Å². The molecule has 1 aromatic carbocycles. The Morgan fingerprint density at radius 1 is 1.29 bits per heavy atom. The van der Waals surface area contributed by atoms with Gasteiger partial charge in [-0.3, -0.25) is 0 Å². The van der Waals surface area contributed by atoms with Crippen molar-refractivity contribution in [1.82, 2.24) is 15.3 Å². The summed E-state index contributed by atoms with van der Waals surface area (Å²) in [5.41, 5.74) is 3.52. The minimum Gasteiger partial charge on any atom is -0.342 e. The lowest BCUT2D eigenvalue weighted by atomic mass is 10.0. The fraction of sp³-hybridized carbons (Fsp3) is 0.500.